The highest BCUT2D eigenvalue weighted by atomic mass is 16.5. The molecule has 1 aromatic carbocycles. The number of nitrogens with zero attached hydrogens (tertiary/aromatic N) is 1. The van der Waals surface area contributed by atoms with Crippen LogP contribution in [0.5, 0.6) is 0 Å². The number of nitrogens with one attached hydrogen (secondary N) is 1. The lowest BCUT2D eigenvalue weighted by molar-refractivity contribution is -0.124. The third-order valence-electron chi connectivity index (χ3n) is 4.59. The third-order valence-corrected chi connectivity index (χ3v) is 4.59. The zero-order valence-corrected chi connectivity index (χ0v) is 13.4. The Labute approximate surface area is 132 Å². The molecule has 2 fully saturated rings. The van der Waals surface area contributed by atoms with Crippen molar-refractivity contribution in [2.75, 3.05) is 25.0 Å². The summed E-state index contributed by atoms with van der Waals surface area (Å²) in [5.74, 6) is 0.786. The molecule has 120 valence electrons. The Morgan fingerprint density at radius 1 is 1.27 bits per heavy atom. The monoisotopic (exact) mass is 302 g/mol. The number of amides is 1. The summed E-state index contributed by atoms with van der Waals surface area (Å²) < 4.78 is 5.40. The lowest BCUT2D eigenvalue weighted by Gasteiger charge is -2.30. The molecule has 1 aromatic rings. The molecular formula is C18H26N2O2. The van der Waals surface area contributed by atoms with Gasteiger partial charge in [0.05, 0.1) is 0 Å². The van der Waals surface area contributed by atoms with E-state index in [0.29, 0.717) is 6.61 Å². The number of benzene rings is 1. The number of carbonyl (C=O) groups excluding carboxylic acids is 1. The molecule has 2 atom stereocenters. The Balaban J connectivity index is 1.52. The highest BCUT2D eigenvalue weighted by Crippen LogP contribution is 2.19. The second-order valence-corrected chi connectivity index (χ2v) is 6.67. The van der Waals surface area contributed by atoms with Crippen molar-refractivity contribution < 1.29 is 9.53 Å². The number of likely N-dealkylation sites (tertiary alicyclic amines) is 1. The average molecular weight is 302 g/mol. The summed E-state index contributed by atoms with van der Waals surface area (Å²) in [4.78, 5) is 14.5. The van der Waals surface area contributed by atoms with Crippen LogP contribution < -0.4 is 5.32 Å². The number of anilines is 1. The zero-order valence-electron chi connectivity index (χ0n) is 13.4. The maximum absolute atomic E-state index is 12.0. The van der Waals surface area contributed by atoms with Crippen LogP contribution in [0.3, 0.4) is 0 Å². The van der Waals surface area contributed by atoms with E-state index in [9.17, 15) is 4.79 Å². The second-order valence-electron chi connectivity index (χ2n) is 6.67. The summed E-state index contributed by atoms with van der Waals surface area (Å²) in [5.41, 5.74) is 2.17. The van der Waals surface area contributed by atoms with E-state index in [1.54, 1.807) is 0 Å². The number of hydrogen-bond donors (Lipinski definition) is 1. The average Bonchev–Trinajstić information content (AvgIpc) is 3.04. The van der Waals surface area contributed by atoms with Crippen LogP contribution in [0.15, 0.2) is 24.3 Å². The maximum atomic E-state index is 12.0. The largest absolute Gasteiger partial charge is 0.368 e. The summed E-state index contributed by atoms with van der Waals surface area (Å²) in [5, 5.41) is 2.94. The molecule has 0 aromatic heterocycles. The number of piperidine rings is 1. The van der Waals surface area contributed by atoms with E-state index in [-0.39, 0.29) is 12.0 Å². The van der Waals surface area contributed by atoms with E-state index in [1.165, 1.54) is 31.5 Å². The molecule has 1 N–H and O–H groups in total. The quantitative estimate of drug-likeness (QED) is 0.929. The fourth-order valence-corrected chi connectivity index (χ4v) is 3.39. The van der Waals surface area contributed by atoms with Gasteiger partial charge in [0.2, 0.25) is 0 Å². The van der Waals surface area contributed by atoms with Crippen LogP contribution in [0.4, 0.5) is 5.69 Å². The van der Waals surface area contributed by atoms with E-state index in [4.69, 9.17) is 4.74 Å². The summed E-state index contributed by atoms with van der Waals surface area (Å²) in [6, 6.07) is 8.22. The Bertz CT molecular complexity index is 494. The van der Waals surface area contributed by atoms with E-state index in [0.717, 1.165) is 31.0 Å². The van der Waals surface area contributed by atoms with Crippen molar-refractivity contribution in [3.63, 3.8) is 0 Å². The summed E-state index contributed by atoms with van der Waals surface area (Å²) >= 11 is 0. The first-order valence-electron chi connectivity index (χ1n) is 8.44. The molecular weight excluding hydrogens is 276 g/mol. The van der Waals surface area contributed by atoms with Gasteiger partial charge in [-0.15, -0.1) is 0 Å². The zero-order chi connectivity index (χ0) is 15.4. The maximum Gasteiger partial charge on any atom is 0.253 e. The van der Waals surface area contributed by atoms with E-state index < -0.39 is 0 Å². The van der Waals surface area contributed by atoms with Gasteiger partial charge in [0, 0.05) is 25.4 Å². The molecule has 1 amide bonds. The first kappa shape index (κ1) is 15.5. The van der Waals surface area contributed by atoms with Crippen LogP contribution >= 0.6 is 0 Å². The van der Waals surface area contributed by atoms with Crippen LogP contribution in [0.2, 0.25) is 0 Å². The third kappa shape index (κ3) is 4.08. The minimum atomic E-state index is -0.269. The van der Waals surface area contributed by atoms with E-state index in [1.807, 2.05) is 12.1 Å². The van der Waals surface area contributed by atoms with Gasteiger partial charge >= 0.3 is 0 Å². The Morgan fingerprint density at radius 3 is 2.77 bits per heavy atom. The van der Waals surface area contributed by atoms with Crippen molar-refractivity contribution in [1.29, 1.82) is 0 Å². The predicted octanol–water partition coefficient (Wildman–Crippen LogP) is 3.04. The van der Waals surface area contributed by atoms with Crippen LogP contribution in [0, 0.1) is 5.92 Å². The van der Waals surface area contributed by atoms with Crippen LogP contribution in [-0.4, -0.2) is 36.6 Å². The Kier molecular flexibility index (Phi) is 5.11. The van der Waals surface area contributed by atoms with Gasteiger partial charge in [0.15, 0.2) is 0 Å². The molecule has 0 aliphatic carbocycles. The van der Waals surface area contributed by atoms with Crippen molar-refractivity contribution in [3.05, 3.63) is 29.8 Å². The van der Waals surface area contributed by atoms with Gasteiger partial charge in [0.1, 0.15) is 6.10 Å². The number of rotatable bonds is 4. The SMILES string of the molecule is C[C@H]1CCCN(Cc2ccc(NC(=O)[C@@H]3CCCO3)cc2)C1. The smallest absolute Gasteiger partial charge is 0.253 e. The first-order chi connectivity index (χ1) is 10.7. The number of carbonyl (C=O) groups is 1. The predicted molar refractivity (Wildman–Crippen MR) is 87.7 cm³/mol. The van der Waals surface area contributed by atoms with Crippen LogP contribution in [0.25, 0.3) is 0 Å². The van der Waals surface area contributed by atoms with Crippen LogP contribution in [0.1, 0.15) is 38.2 Å². The number of ether oxygens (including phenoxy) is 1. The highest BCUT2D eigenvalue weighted by molar-refractivity contribution is 5.94. The Hall–Kier alpha value is -1.39. The minimum absolute atomic E-state index is 0.0184. The normalized spacial score (nSPS) is 26.0. The molecule has 4 heteroatoms. The molecule has 22 heavy (non-hydrogen) atoms. The molecule has 0 bridgehead atoms. The molecule has 4 nitrogen and oxygen atoms in total. The van der Waals surface area contributed by atoms with Gasteiger partial charge in [-0.3, -0.25) is 9.69 Å². The van der Waals surface area contributed by atoms with Crippen molar-refractivity contribution >= 4 is 11.6 Å². The molecule has 2 aliphatic heterocycles. The van der Waals surface area contributed by atoms with Gasteiger partial charge in [-0.25, -0.2) is 0 Å². The molecule has 0 radical (unpaired) electrons. The fourth-order valence-electron chi connectivity index (χ4n) is 3.39. The molecule has 2 heterocycles. The van der Waals surface area contributed by atoms with Gasteiger partial charge in [-0.2, -0.15) is 0 Å². The van der Waals surface area contributed by atoms with Gasteiger partial charge in [0.25, 0.3) is 5.91 Å². The first-order valence-corrected chi connectivity index (χ1v) is 8.44. The van der Waals surface area contributed by atoms with Crippen molar-refractivity contribution in [1.82, 2.24) is 4.90 Å². The Morgan fingerprint density at radius 2 is 2.09 bits per heavy atom. The summed E-state index contributed by atoms with van der Waals surface area (Å²) in [6.45, 7) is 6.42. The van der Waals surface area contributed by atoms with E-state index in [2.05, 4.69) is 29.3 Å². The van der Waals surface area contributed by atoms with Gasteiger partial charge < -0.3 is 10.1 Å². The molecule has 0 saturated carbocycles. The number of hydrogen-bond acceptors (Lipinski definition) is 3. The van der Waals surface area contributed by atoms with Crippen molar-refractivity contribution in [3.8, 4) is 0 Å². The van der Waals surface area contributed by atoms with Gasteiger partial charge in [-0.05, 0) is 55.8 Å². The topological polar surface area (TPSA) is 41.6 Å². The van der Waals surface area contributed by atoms with Crippen LogP contribution in [-0.2, 0) is 16.1 Å². The lowest BCUT2D eigenvalue weighted by atomic mass is 10.00. The minimum Gasteiger partial charge on any atom is -0.368 e. The standard InChI is InChI=1S/C18H26N2O2/c1-14-4-2-10-20(12-14)13-15-6-8-16(9-7-15)19-18(21)17-5-3-11-22-17/h6-9,14,17H,2-5,10-13H2,1H3,(H,19,21)/t14-,17-/m0/s1. The summed E-state index contributed by atoms with van der Waals surface area (Å²) in [7, 11) is 0. The molecule has 2 aliphatic rings. The van der Waals surface area contributed by atoms with Gasteiger partial charge in [-0.1, -0.05) is 19.1 Å². The molecule has 0 spiro atoms. The molecule has 2 saturated heterocycles. The van der Waals surface area contributed by atoms with E-state index >= 15 is 0 Å². The molecule has 0 unspecified atom stereocenters. The van der Waals surface area contributed by atoms with Crippen molar-refractivity contribution in [2.24, 2.45) is 5.92 Å². The lowest BCUT2D eigenvalue weighted by Crippen LogP contribution is -2.33. The molecule has 3 rings (SSSR count). The van der Waals surface area contributed by atoms with Crippen molar-refractivity contribution in [2.45, 2.75) is 45.3 Å². The summed E-state index contributed by atoms with van der Waals surface area (Å²) in [6.07, 6.45) is 4.19. The fraction of sp³-hybridized carbons (Fsp3) is 0.611. The second kappa shape index (κ2) is 7.25. The highest BCUT2D eigenvalue weighted by Gasteiger charge is 2.23.